The number of thiophene rings is 1. The summed E-state index contributed by atoms with van der Waals surface area (Å²) in [4.78, 5) is 15.4. The number of ether oxygens (including phenoxy) is 1. The largest absolute Gasteiger partial charge is 0.495 e. The molecule has 5 heteroatoms. The Morgan fingerprint density at radius 1 is 1.38 bits per heavy atom. The zero-order chi connectivity index (χ0) is 14.8. The van der Waals surface area contributed by atoms with Crippen LogP contribution < -0.4 is 15.4 Å². The number of fused-ring (bicyclic) bond motifs is 1. The van der Waals surface area contributed by atoms with Gasteiger partial charge in [-0.2, -0.15) is 0 Å². The number of nitrogens with two attached hydrogens (primary N) is 1. The summed E-state index contributed by atoms with van der Waals surface area (Å²) in [7, 11) is 1.63. The smallest absolute Gasteiger partial charge is 0.249 e. The molecule has 0 spiro atoms. The summed E-state index contributed by atoms with van der Waals surface area (Å²) >= 11 is 1.51. The lowest BCUT2D eigenvalue weighted by Crippen LogP contribution is -2.41. The second kappa shape index (κ2) is 5.87. The van der Waals surface area contributed by atoms with Crippen molar-refractivity contribution in [3.63, 3.8) is 0 Å². The number of rotatable bonds is 3. The highest BCUT2D eigenvalue weighted by Gasteiger charge is 2.30. The van der Waals surface area contributed by atoms with Crippen LogP contribution in [-0.2, 0) is 11.2 Å². The molecule has 1 atom stereocenters. The first-order valence-corrected chi connectivity index (χ1v) is 7.86. The van der Waals surface area contributed by atoms with Gasteiger partial charge in [-0.25, -0.2) is 0 Å². The molecular formula is C16H18N2O2S. The van der Waals surface area contributed by atoms with E-state index < -0.39 is 6.04 Å². The first-order chi connectivity index (χ1) is 10.2. The lowest BCUT2D eigenvalue weighted by Gasteiger charge is -2.32. The van der Waals surface area contributed by atoms with E-state index in [1.54, 1.807) is 12.0 Å². The summed E-state index contributed by atoms with van der Waals surface area (Å²) in [6, 6.07) is 9.11. The van der Waals surface area contributed by atoms with Crippen LogP contribution in [0.4, 0.5) is 5.69 Å². The molecule has 1 unspecified atom stereocenters. The van der Waals surface area contributed by atoms with Crippen LogP contribution in [0.5, 0.6) is 5.75 Å². The second-order valence-corrected chi connectivity index (χ2v) is 6.03. The van der Waals surface area contributed by atoms with Crippen LogP contribution in [0.1, 0.15) is 22.9 Å². The molecule has 110 valence electrons. The van der Waals surface area contributed by atoms with Crippen molar-refractivity contribution in [2.24, 2.45) is 5.73 Å². The van der Waals surface area contributed by atoms with E-state index in [0.717, 1.165) is 34.7 Å². The Labute approximate surface area is 128 Å². The molecule has 1 aromatic heterocycles. The zero-order valence-corrected chi connectivity index (χ0v) is 12.7. The van der Waals surface area contributed by atoms with Crippen LogP contribution in [0.15, 0.2) is 35.7 Å². The number of benzene rings is 1. The standard InChI is InChI=1S/C16H18N2O2S/c1-20-12-7-2-5-11-6-3-9-18(15(11)12)16(19)14(17)13-8-4-10-21-13/h2,4-5,7-8,10,14H,3,6,9,17H2,1H3. The van der Waals surface area contributed by atoms with E-state index in [-0.39, 0.29) is 5.91 Å². The van der Waals surface area contributed by atoms with E-state index >= 15 is 0 Å². The van der Waals surface area contributed by atoms with E-state index in [9.17, 15) is 4.79 Å². The van der Waals surface area contributed by atoms with Gasteiger partial charge in [0.05, 0.1) is 12.8 Å². The third-order valence-electron chi connectivity index (χ3n) is 3.78. The molecule has 0 fully saturated rings. The topological polar surface area (TPSA) is 55.6 Å². The fraction of sp³-hybridized carbons (Fsp3) is 0.312. The van der Waals surface area contributed by atoms with Crippen molar-refractivity contribution in [2.45, 2.75) is 18.9 Å². The molecule has 0 bridgehead atoms. The molecule has 2 aromatic rings. The molecule has 1 aromatic carbocycles. The van der Waals surface area contributed by atoms with Crippen molar-refractivity contribution in [1.82, 2.24) is 0 Å². The van der Waals surface area contributed by atoms with Crippen molar-refractivity contribution < 1.29 is 9.53 Å². The number of carbonyl (C=O) groups is 1. The summed E-state index contributed by atoms with van der Waals surface area (Å²) < 4.78 is 5.43. The van der Waals surface area contributed by atoms with Gasteiger partial charge in [0.1, 0.15) is 11.8 Å². The number of methoxy groups -OCH3 is 1. The minimum atomic E-state index is -0.610. The average molecular weight is 302 g/mol. The van der Waals surface area contributed by atoms with Gasteiger partial charge < -0.3 is 15.4 Å². The molecule has 2 N–H and O–H groups in total. The van der Waals surface area contributed by atoms with Gasteiger partial charge in [-0.3, -0.25) is 4.79 Å². The molecular weight excluding hydrogens is 284 g/mol. The molecule has 0 aliphatic carbocycles. The number of amides is 1. The SMILES string of the molecule is COc1cccc2c1N(C(=O)C(N)c1cccs1)CCC2. The number of para-hydroxylation sites is 1. The predicted molar refractivity (Wildman–Crippen MR) is 84.9 cm³/mol. The minimum absolute atomic E-state index is 0.0668. The number of hydrogen-bond donors (Lipinski definition) is 1. The summed E-state index contributed by atoms with van der Waals surface area (Å²) in [6.45, 7) is 0.686. The number of nitrogens with zero attached hydrogens (tertiary/aromatic N) is 1. The summed E-state index contributed by atoms with van der Waals surface area (Å²) in [6.07, 6.45) is 1.91. The number of aryl methyl sites for hydroxylation is 1. The van der Waals surface area contributed by atoms with Crippen molar-refractivity contribution in [2.75, 3.05) is 18.6 Å². The fourth-order valence-electron chi connectivity index (χ4n) is 2.76. The second-order valence-electron chi connectivity index (χ2n) is 5.05. The third-order valence-corrected chi connectivity index (χ3v) is 4.74. The Hall–Kier alpha value is -1.85. The molecule has 0 saturated heterocycles. The molecule has 0 saturated carbocycles. The highest BCUT2D eigenvalue weighted by atomic mass is 32.1. The molecule has 2 heterocycles. The Bertz CT molecular complexity index is 625. The Kier molecular flexibility index (Phi) is 3.94. The van der Waals surface area contributed by atoms with Gasteiger partial charge >= 0.3 is 0 Å². The molecule has 1 amide bonds. The van der Waals surface area contributed by atoms with E-state index in [4.69, 9.17) is 10.5 Å². The Morgan fingerprint density at radius 3 is 2.95 bits per heavy atom. The first kappa shape index (κ1) is 14.1. The molecule has 0 radical (unpaired) electrons. The summed E-state index contributed by atoms with van der Waals surface area (Å²) in [5, 5.41) is 1.94. The van der Waals surface area contributed by atoms with Crippen LogP contribution in [0, 0.1) is 0 Å². The lowest BCUT2D eigenvalue weighted by molar-refractivity contribution is -0.120. The fourth-order valence-corrected chi connectivity index (χ4v) is 3.48. The van der Waals surface area contributed by atoms with Crippen molar-refractivity contribution >= 4 is 22.9 Å². The maximum absolute atomic E-state index is 12.8. The number of hydrogen-bond acceptors (Lipinski definition) is 4. The van der Waals surface area contributed by atoms with Crippen LogP contribution in [0.3, 0.4) is 0 Å². The van der Waals surface area contributed by atoms with Crippen LogP contribution >= 0.6 is 11.3 Å². The van der Waals surface area contributed by atoms with Crippen molar-refractivity contribution in [3.8, 4) is 5.75 Å². The van der Waals surface area contributed by atoms with Gasteiger partial charge in [0.2, 0.25) is 5.91 Å². The van der Waals surface area contributed by atoms with Crippen LogP contribution in [-0.4, -0.2) is 19.6 Å². The van der Waals surface area contributed by atoms with Crippen molar-refractivity contribution in [3.05, 3.63) is 46.2 Å². The van der Waals surface area contributed by atoms with E-state index in [0.29, 0.717) is 6.54 Å². The van der Waals surface area contributed by atoms with Crippen molar-refractivity contribution in [1.29, 1.82) is 0 Å². The van der Waals surface area contributed by atoms with Gasteiger partial charge in [-0.1, -0.05) is 18.2 Å². The molecule has 1 aliphatic heterocycles. The van der Waals surface area contributed by atoms with Gasteiger partial charge in [-0.15, -0.1) is 11.3 Å². The third kappa shape index (κ3) is 2.54. The van der Waals surface area contributed by atoms with E-state index in [1.165, 1.54) is 11.3 Å². The maximum Gasteiger partial charge on any atom is 0.249 e. The summed E-state index contributed by atoms with van der Waals surface area (Å²) in [5.41, 5.74) is 8.16. The van der Waals surface area contributed by atoms with Gasteiger partial charge in [0.15, 0.2) is 0 Å². The molecule has 21 heavy (non-hydrogen) atoms. The summed E-state index contributed by atoms with van der Waals surface area (Å²) in [5.74, 6) is 0.668. The maximum atomic E-state index is 12.8. The zero-order valence-electron chi connectivity index (χ0n) is 11.9. The molecule has 3 rings (SSSR count). The highest BCUT2D eigenvalue weighted by Crippen LogP contribution is 2.37. The Morgan fingerprint density at radius 2 is 2.24 bits per heavy atom. The van der Waals surface area contributed by atoms with Gasteiger partial charge in [-0.05, 0) is 35.9 Å². The highest BCUT2D eigenvalue weighted by molar-refractivity contribution is 7.10. The average Bonchev–Trinajstić information content (AvgIpc) is 3.06. The Balaban J connectivity index is 1.96. The number of carbonyl (C=O) groups excluding carboxylic acids is 1. The molecule has 1 aliphatic rings. The first-order valence-electron chi connectivity index (χ1n) is 6.98. The van der Waals surface area contributed by atoms with Gasteiger partial charge in [0, 0.05) is 11.4 Å². The quantitative estimate of drug-likeness (QED) is 0.948. The van der Waals surface area contributed by atoms with Gasteiger partial charge in [0.25, 0.3) is 0 Å². The number of anilines is 1. The van der Waals surface area contributed by atoms with E-state index in [1.807, 2.05) is 35.7 Å². The van der Waals surface area contributed by atoms with Crippen LogP contribution in [0.25, 0.3) is 0 Å². The monoisotopic (exact) mass is 302 g/mol. The lowest BCUT2D eigenvalue weighted by atomic mass is 10.00. The minimum Gasteiger partial charge on any atom is -0.495 e. The predicted octanol–water partition coefficient (Wildman–Crippen LogP) is 2.74. The molecule has 4 nitrogen and oxygen atoms in total. The van der Waals surface area contributed by atoms with E-state index in [2.05, 4.69) is 0 Å². The van der Waals surface area contributed by atoms with Crippen LogP contribution in [0.2, 0.25) is 0 Å². The normalized spacial score (nSPS) is 15.4.